The fraction of sp³-hybridized carbons (Fsp3) is 0.462. The topological polar surface area (TPSA) is 67.9 Å². The van der Waals surface area contributed by atoms with Gasteiger partial charge in [-0.15, -0.1) is 18.2 Å². The van der Waals surface area contributed by atoms with Gasteiger partial charge in [-0.05, 0) is 49.6 Å². The monoisotopic (exact) mass is 514 g/mol. The predicted octanol–water partition coefficient (Wildman–Crippen LogP) is 5.22. The molecule has 0 radical (unpaired) electrons. The summed E-state index contributed by atoms with van der Waals surface area (Å²) in [6.07, 6.45) is -3.14. The molecule has 0 bridgehead atoms. The molecule has 1 saturated heterocycles. The van der Waals surface area contributed by atoms with Crippen molar-refractivity contribution in [3.05, 3.63) is 63.9 Å². The molecule has 0 saturated carbocycles. The maximum atomic E-state index is 12.7. The van der Waals surface area contributed by atoms with Crippen molar-refractivity contribution in [1.29, 1.82) is 0 Å². The summed E-state index contributed by atoms with van der Waals surface area (Å²) in [4.78, 5) is 29.5. The van der Waals surface area contributed by atoms with E-state index in [1.807, 2.05) is 6.92 Å². The van der Waals surface area contributed by atoms with Crippen LogP contribution in [0.15, 0.2) is 41.2 Å². The number of fused-ring (bicyclic) bond motifs is 1. The summed E-state index contributed by atoms with van der Waals surface area (Å²) in [6, 6.07) is 9.37. The van der Waals surface area contributed by atoms with Gasteiger partial charge in [0, 0.05) is 38.3 Å². The molecule has 0 N–H and O–H groups in total. The Hall–Kier alpha value is -3.65. The van der Waals surface area contributed by atoms with Gasteiger partial charge < -0.3 is 14.5 Å². The van der Waals surface area contributed by atoms with Gasteiger partial charge in [0.25, 0.3) is 5.82 Å². The lowest BCUT2D eigenvalue weighted by Crippen LogP contribution is -2.59. The van der Waals surface area contributed by atoms with Crippen LogP contribution in [0.25, 0.3) is 15.9 Å². The number of benzene rings is 1. The molecule has 0 amide bonds. The van der Waals surface area contributed by atoms with Crippen LogP contribution in [0.1, 0.15) is 45.2 Å². The van der Waals surface area contributed by atoms with E-state index in [1.165, 1.54) is 16.7 Å². The van der Waals surface area contributed by atoms with Gasteiger partial charge in [0.2, 0.25) is 5.52 Å². The summed E-state index contributed by atoms with van der Waals surface area (Å²) in [5.41, 5.74) is 1.63. The molecule has 1 aliphatic rings. The zero-order valence-corrected chi connectivity index (χ0v) is 21.2. The van der Waals surface area contributed by atoms with Crippen molar-refractivity contribution < 1.29 is 17.9 Å². The molecule has 8 nitrogen and oxygen atoms in total. The number of halogens is 3. The molecule has 0 aliphatic carbocycles. The van der Waals surface area contributed by atoms with Crippen molar-refractivity contribution in [2.75, 3.05) is 18.0 Å². The van der Waals surface area contributed by atoms with Crippen molar-refractivity contribution in [1.82, 2.24) is 19.4 Å². The molecule has 37 heavy (non-hydrogen) atoms. The first-order chi connectivity index (χ1) is 17.6. The van der Waals surface area contributed by atoms with Crippen LogP contribution in [0, 0.1) is 6.57 Å². The summed E-state index contributed by atoms with van der Waals surface area (Å²) >= 11 is 0. The third-order valence-corrected chi connectivity index (χ3v) is 7.08. The maximum absolute atomic E-state index is 12.7. The molecule has 4 rings (SSSR count). The number of hydrogen-bond donors (Lipinski definition) is 0. The van der Waals surface area contributed by atoms with Crippen LogP contribution in [0.5, 0.6) is 5.75 Å². The van der Waals surface area contributed by atoms with Crippen molar-refractivity contribution in [2.24, 2.45) is 7.05 Å². The van der Waals surface area contributed by atoms with Crippen LogP contribution in [0.4, 0.5) is 24.8 Å². The second kappa shape index (κ2) is 10.4. The molecule has 3 heterocycles. The summed E-state index contributed by atoms with van der Waals surface area (Å²) in [5, 5.41) is 0. The van der Waals surface area contributed by atoms with Crippen molar-refractivity contribution in [3.8, 4) is 5.75 Å². The number of ether oxygens (including phenoxy) is 1. The Morgan fingerprint density at radius 3 is 2.35 bits per heavy atom. The lowest BCUT2D eigenvalue weighted by Gasteiger charge is -2.49. The summed E-state index contributed by atoms with van der Waals surface area (Å²) < 4.78 is 43.1. The van der Waals surface area contributed by atoms with Crippen LogP contribution in [-0.4, -0.2) is 51.0 Å². The number of alkyl halides is 3. The van der Waals surface area contributed by atoms with Gasteiger partial charge in [-0.25, -0.2) is 4.79 Å². The largest absolute Gasteiger partial charge is 0.573 e. The first-order valence-corrected chi connectivity index (χ1v) is 12.2. The smallest absolute Gasteiger partial charge is 0.406 e. The van der Waals surface area contributed by atoms with Crippen molar-refractivity contribution in [2.45, 2.75) is 58.1 Å². The first kappa shape index (κ1) is 26.4. The molecule has 3 atom stereocenters. The van der Waals surface area contributed by atoms with Gasteiger partial charge in [0.1, 0.15) is 5.75 Å². The first-order valence-electron chi connectivity index (χ1n) is 12.2. The van der Waals surface area contributed by atoms with Gasteiger partial charge in [0.15, 0.2) is 5.82 Å². The Bertz CT molecular complexity index is 1370. The minimum absolute atomic E-state index is 0.0132. The summed E-state index contributed by atoms with van der Waals surface area (Å²) in [6.45, 7) is 14.8. The number of rotatable bonds is 6. The molecule has 1 unspecified atom stereocenters. The molecule has 196 valence electrons. The Labute approximate surface area is 213 Å². The zero-order chi connectivity index (χ0) is 26.9. The Morgan fingerprint density at radius 2 is 1.76 bits per heavy atom. The average molecular weight is 515 g/mol. The normalized spacial score (nSPS) is 19.6. The van der Waals surface area contributed by atoms with E-state index in [1.54, 1.807) is 31.3 Å². The number of aromatic nitrogens is 3. The van der Waals surface area contributed by atoms with E-state index in [0.717, 1.165) is 18.4 Å². The van der Waals surface area contributed by atoms with Crippen LogP contribution in [0.3, 0.4) is 0 Å². The Kier molecular flexibility index (Phi) is 7.41. The van der Waals surface area contributed by atoms with Crippen LogP contribution < -0.4 is 15.3 Å². The van der Waals surface area contributed by atoms with Crippen LogP contribution in [0.2, 0.25) is 0 Å². The third kappa shape index (κ3) is 5.39. The van der Waals surface area contributed by atoms with Gasteiger partial charge in [0.05, 0.1) is 5.52 Å². The van der Waals surface area contributed by atoms with E-state index in [-0.39, 0.29) is 35.4 Å². The second-order valence-electron chi connectivity index (χ2n) is 9.19. The fourth-order valence-electron chi connectivity index (χ4n) is 5.02. The molecular weight excluding hydrogens is 485 g/mol. The van der Waals surface area contributed by atoms with Crippen LogP contribution in [-0.2, 0) is 7.05 Å². The fourth-order valence-corrected chi connectivity index (χ4v) is 5.02. The lowest BCUT2D eigenvalue weighted by molar-refractivity contribution is -0.274. The van der Waals surface area contributed by atoms with Crippen LogP contribution >= 0.6 is 0 Å². The molecule has 0 spiro atoms. The molecule has 1 aliphatic heterocycles. The summed E-state index contributed by atoms with van der Waals surface area (Å²) in [7, 11) is 1.64. The van der Waals surface area contributed by atoms with E-state index < -0.39 is 6.36 Å². The number of nitrogens with zero attached hydrogens (tertiary/aromatic N) is 6. The SMILES string of the molecule is [C-]#[N+]c1ccc2c(n1)c(N1C[C@@H](CC)N(C(C)c3ccc(OC(F)(F)F)cc3)C[C@@H]1CC)nc(=O)n2C. The summed E-state index contributed by atoms with van der Waals surface area (Å²) in [5.74, 6) is 0.469. The van der Waals surface area contributed by atoms with Gasteiger partial charge >= 0.3 is 12.1 Å². The minimum atomic E-state index is -4.73. The maximum Gasteiger partial charge on any atom is 0.573 e. The molecule has 3 aromatic rings. The highest BCUT2D eigenvalue weighted by molar-refractivity contribution is 5.87. The standard InChI is InChI=1S/C26H29F3N6O2/c1-6-18-15-35(24-23-21(33(5)25(36)32-24)12-13-22(30-4)31-23)19(7-2)14-34(18)16(3)17-8-10-20(11-9-17)37-26(27,28)29/h8-13,16,18-19H,6-7,14-15H2,1-3,5H3/t16?,18-,19+/m1/s1. The molecule has 11 heteroatoms. The molecule has 1 fully saturated rings. The Morgan fingerprint density at radius 1 is 1.08 bits per heavy atom. The van der Waals surface area contributed by atoms with Crippen molar-refractivity contribution in [3.63, 3.8) is 0 Å². The van der Waals surface area contributed by atoms with E-state index in [9.17, 15) is 18.0 Å². The number of aryl methyl sites for hydroxylation is 1. The highest BCUT2D eigenvalue weighted by Gasteiger charge is 2.37. The highest BCUT2D eigenvalue weighted by atomic mass is 19.4. The second-order valence-corrected chi connectivity index (χ2v) is 9.19. The number of pyridine rings is 1. The number of hydrogen-bond acceptors (Lipinski definition) is 6. The quantitative estimate of drug-likeness (QED) is 0.421. The van der Waals surface area contributed by atoms with E-state index in [2.05, 4.69) is 43.2 Å². The van der Waals surface area contributed by atoms with E-state index >= 15 is 0 Å². The lowest BCUT2D eigenvalue weighted by atomic mass is 9.97. The highest BCUT2D eigenvalue weighted by Crippen LogP contribution is 2.34. The molecule has 1 aromatic carbocycles. The van der Waals surface area contributed by atoms with Crippen molar-refractivity contribution >= 4 is 22.7 Å². The predicted molar refractivity (Wildman–Crippen MR) is 135 cm³/mol. The molecular formula is C26H29F3N6O2. The molecule has 2 aromatic heterocycles. The zero-order valence-electron chi connectivity index (χ0n) is 21.2. The number of anilines is 1. The van der Waals surface area contributed by atoms with Gasteiger partial charge in [-0.2, -0.15) is 4.98 Å². The third-order valence-electron chi connectivity index (χ3n) is 7.08. The van der Waals surface area contributed by atoms with Gasteiger partial charge in [-0.3, -0.25) is 9.47 Å². The number of piperazine rings is 1. The minimum Gasteiger partial charge on any atom is -0.406 e. The van der Waals surface area contributed by atoms with E-state index in [0.29, 0.717) is 29.9 Å². The van der Waals surface area contributed by atoms with E-state index in [4.69, 9.17) is 6.57 Å². The Balaban J connectivity index is 1.67. The average Bonchev–Trinajstić information content (AvgIpc) is 2.88. The van der Waals surface area contributed by atoms with Gasteiger partial charge in [-0.1, -0.05) is 32.6 Å².